The van der Waals surface area contributed by atoms with Gasteiger partial charge in [-0.25, -0.2) is 4.39 Å². The maximum absolute atomic E-state index is 13.2. The molecule has 30 heavy (non-hydrogen) atoms. The van der Waals surface area contributed by atoms with E-state index in [1.54, 1.807) is 12.1 Å². The number of carbonyl (C=O) groups is 1. The number of halogens is 1. The van der Waals surface area contributed by atoms with E-state index in [9.17, 15) is 9.18 Å². The molecule has 0 saturated carbocycles. The summed E-state index contributed by atoms with van der Waals surface area (Å²) in [6.45, 7) is 7.54. The summed E-state index contributed by atoms with van der Waals surface area (Å²) in [4.78, 5) is 17.6. The molecule has 2 aromatic rings. The Labute approximate surface area is 176 Å². The second-order valence-corrected chi connectivity index (χ2v) is 8.11. The van der Waals surface area contributed by atoms with Crippen LogP contribution in [0, 0.1) is 5.82 Å². The molecule has 0 radical (unpaired) electrons. The maximum Gasteiger partial charge on any atom is 0.272 e. The van der Waals surface area contributed by atoms with Crippen LogP contribution < -0.4 is 5.32 Å². The van der Waals surface area contributed by atoms with Crippen LogP contribution in [0.1, 0.15) is 33.7 Å². The Morgan fingerprint density at radius 2 is 1.97 bits per heavy atom. The SMILES string of the molecule is CN1CCN(CCCNC(=O)c2nn(Cc3ccc(F)cc3)c3c2COCC3)CC1. The molecule has 0 unspecified atom stereocenters. The molecule has 0 spiro atoms. The largest absolute Gasteiger partial charge is 0.376 e. The summed E-state index contributed by atoms with van der Waals surface area (Å²) in [5, 5.41) is 7.63. The number of rotatable bonds is 7. The summed E-state index contributed by atoms with van der Waals surface area (Å²) in [6.07, 6.45) is 1.64. The predicted octanol–water partition coefficient (Wildman–Crippen LogP) is 1.51. The van der Waals surface area contributed by atoms with E-state index in [4.69, 9.17) is 4.74 Å². The van der Waals surface area contributed by atoms with Crippen LogP contribution in [0.15, 0.2) is 24.3 Å². The lowest BCUT2D eigenvalue weighted by Crippen LogP contribution is -2.45. The van der Waals surface area contributed by atoms with Gasteiger partial charge in [0.25, 0.3) is 5.91 Å². The van der Waals surface area contributed by atoms with E-state index in [-0.39, 0.29) is 11.7 Å². The number of piperazine rings is 1. The molecule has 7 nitrogen and oxygen atoms in total. The summed E-state index contributed by atoms with van der Waals surface area (Å²) < 4.78 is 20.6. The highest BCUT2D eigenvalue weighted by atomic mass is 19.1. The van der Waals surface area contributed by atoms with E-state index in [0.29, 0.717) is 32.0 Å². The van der Waals surface area contributed by atoms with Gasteiger partial charge in [-0.15, -0.1) is 0 Å². The first-order valence-electron chi connectivity index (χ1n) is 10.7. The summed E-state index contributed by atoms with van der Waals surface area (Å²) in [5.74, 6) is -0.403. The average Bonchev–Trinajstić information content (AvgIpc) is 3.13. The number of amides is 1. The van der Waals surface area contributed by atoms with Crippen LogP contribution in [0.2, 0.25) is 0 Å². The topological polar surface area (TPSA) is 62.6 Å². The molecule has 8 heteroatoms. The highest BCUT2D eigenvalue weighted by Crippen LogP contribution is 2.22. The number of fused-ring (bicyclic) bond motifs is 1. The Kier molecular flexibility index (Phi) is 6.76. The number of likely N-dealkylation sites (N-methyl/N-ethyl adjacent to an activating group) is 1. The molecule has 0 bridgehead atoms. The quantitative estimate of drug-likeness (QED) is 0.695. The Morgan fingerprint density at radius 3 is 2.73 bits per heavy atom. The third-order valence-corrected chi connectivity index (χ3v) is 5.89. The molecule has 2 aliphatic heterocycles. The zero-order valence-electron chi connectivity index (χ0n) is 17.6. The minimum absolute atomic E-state index is 0.145. The molecule has 1 aromatic carbocycles. The predicted molar refractivity (Wildman–Crippen MR) is 112 cm³/mol. The number of hydrogen-bond acceptors (Lipinski definition) is 5. The molecule has 0 atom stereocenters. The molecular formula is C22H30FN5O2. The number of aromatic nitrogens is 2. The number of hydrogen-bond donors (Lipinski definition) is 1. The van der Waals surface area contributed by atoms with Gasteiger partial charge in [-0.05, 0) is 37.7 Å². The van der Waals surface area contributed by atoms with Gasteiger partial charge >= 0.3 is 0 Å². The minimum atomic E-state index is -0.258. The fourth-order valence-electron chi connectivity index (χ4n) is 4.04. The van der Waals surface area contributed by atoms with Crippen LogP contribution in [0.3, 0.4) is 0 Å². The Morgan fingerprint density at radius 1 is 1.20 bits per heavy atom. The lowest BCUT2D eigenvalue weighted by molar-refractivity contribution is 0.0921. The molecule has 0 aliphatic carbocycles. The minimum Gasteiger partial charge on any atom is -0.376 e. The Hall–Kier alpha value is -2.29. The third kappa shape index (κ3) is 5.06. The highest BCUT2D eigenvalue weighted by molar-refractivity contribution is 5.94. The lowest BCUT2D eigenvalue weighted by Gasteiger charge is -2.32. The standard InChI is InChI=1S/C22H30FN5O2/c1-26-10-12-27(13-11-26)9-2-8-24-22(29)21-19-16-30-14-7-20(19)28(25-21)15-17-3-5-18(23)6-4-17/h3-6H,2,7-16H2,1H3,(H,24,29). The molecule has 162 valence electrons. The molecule has 4 rings (SSSR count). The average molecular weight is 416 g/mol. The van der Waals surface area contributed by atoms with Crippen LogP contribution >= 0.6 is 0 Å². The van der Waals surface area contributed by atoms with Crippen molar-refractivity contribution in [2.45, 2.75) is 26.0 Å². The first-order valence-corrected chi connectivity index (χ1v) is 10.7. The molecule has 2 aliphatic rings. The summed E-state index contributed by atoms with van der Waals surface area (Å²) >= 11 is 0. The molecule has 1 N–H and O–H groups in total. The van der Waals surface area contributed by atoms with Crippen molar-refractivity contribution >= 4 is 5.91 Å². The van der Waals surface area contributed by atoms with E-state index in [0.717, 1.165) is 62.4 Å². The van der Waals surface area contributed by atoms with Gasteiger partial charge in [0.15, 0.2) is 5.69 Å². The van der Waals surface area contributed by atoms with Gasteiger partial charge in [-0.3, -0.25) is 9.48 Å². The van der Waals surface area contributed by atoms with E-state index < -0.39 is 0 Å². The van der Waals surface area contributed by atoms with Crippen LogP contribution in [-0.4, -0.2) is 78.4 Å². The smallest absolute Gasteiger partial charge is 0.272 e. The number of nitrogens with zero attached hydrogens (tertiary/aromatic N) is 4. The van der Waals surface area contributed by atoms with Crippen molar-refractivity contribution in [1.29, 1.82) is 0 Å². The van der Waals surface area contributed by atoms with E-state index >= 15 is 0 Å². The Balaban J connectivity index is 1.36. The summed E-state index contributed by atoms with van der Waals surface area (Å²) in [6, 6.07) is 6.40. The molecule has 1 saturated heterocycles. The normalized spacial score (nSPS) is 17.7. The van der Waals surface area contributed by atoms with Crippen molar-refractivity contribution in [2.24, 2.45) is 0 Å². The molecule has 1 aromatic heterocycles. The second kappa shape index (κ2) is 9.68. The molecule has 3 heterocycles. The lowest BCUT2D eigenvalue weighted by atomic mass is 10.1. The van der Waals surface area contributed by atoms with Crippen molar-refractivity contribution in [2.75, 3.05) is 52.9 Å². The maximum atomic E-state index is 13.2. The van der Waals surface area contributed by atoms with Crippen molar-refractivity contribution in [3.05, 3.63) is 52.6 Å². The van der Waals surface area contributed by atoms with Gasteiger partial charge in [-0.2, -0.15) is 5.10 Å². The molecular weight excluding hydrogens is 385 g/mol. The number of ether oxygens (including phenoxy) is 1. The van der Waals surface area contributed by atoms with Crippen LogP contribution in [0.5, 0.6) is 0 Å². The van der Waals surface area contributed by atoms with Gasteiger partial charge in [0, 0.05) is 50.4 Å². The van der Waals surface area contributed by atoms with Crippen LogP contribution in [0.25, 0.3) is 0 Å². The zero-order chi connectivity index (χ0) is 20.9. The molecule has 1 amide bonds. The van der Waals surface area contributed by atoms with Gasteiger partial charge in [0.2, 0.25) is 0 Å². The molecule has 1 fully saturated rings. The van der Waals surface area contributed by atoms with Crippen molar-refractivity contribution in [1.82, 2.24) is 24.9 Å². The van der Waals surface area contributed by atoms with Crippen molar-refractivity contribution in [3.8, 4) is 0 Å². The highest BCUT2D eigenvalue weighted by Gasteiger charge is 2.25. The first kappa shape index (κ1) is 21.0. The van der Waals surface area contributed by atoms with Gasteiger partial charge in [-0.1, -0.05) is 12.1 Å². The van der Waals surface area contributed by atoms with Gasteiger partial charge in [0.05, 0.1) is 19.8 Å². The van der Waals surface area contributed by atoms with Crippen LogP contribution in [-0.2, 0) is 24.3 Å². The monoisotopic (exact) mass is 415 g/mol. The second-order valence-electron chi connectivity index (χ2n) is 8.11. The van der Waals surface area contributed by atoms with E-state index in [1.807, 2.05) is 4.68 Å². The van der Waals surface area contributed by atoms with Gasteiger partial charge < -0.3 is 19.9 Å². The first-order chi connectivity index (χ1) is 14.6. The van der Waals surface area contributed by atoms with Crippen molar-refractivity contribution in [3.63, 3.8) is 0 Å². The zero-order valence-corrected chi connectivity index (χ0v) is 17.6. The third-order valence-electron chi connectivity index (χ3n) is 5.89. The van der Waals surface area contributed by atoms with Gasteiger partial charge in [0.1, 0.15) is 5.82 Å². The summed E-state index contributed by atoms with van der Waals surface area (Å²) in [5.41, 5.74) is 3.31. The van der Waals surface area contributed by atoms with E-state index in [2.05, 4.69) is 27.3 Å². The summed E-state index contributed by atoms with van der Waals surface area (Å²) in [7, 11) is 2.15. The number of benzene rings is 1. The number of nitrogens with one attached hydrogen (secondary N) is 1. The fraction of sp³-hybridized carbons (Fsp3) is 0.545. The Bertz CT molecular complexity index is 859. The van der Waals surface area contributed by atoms with Crippen molar-refractivity contribution < 1.29 is 13.9 Å². The van der Waals surface area contributed by atoms with E-state index in [1.165, 1.54) is 12.1 Å². The number of carbonyl (C=O) groups excluding carboxylic acids is 1. The fourth-order valence-corrected chi connectivity index (χ4v) is 4.04. The van der Waals surface area contributed by atoms with Crippen LogP contribution in [0.4, 0.5) is 4.39 Å².